The maximum absolute atomic E-state index is 12.0. The van der Waals surface area contributed by atoms with E-state index in [0.717, 1.165) is 44.0 Å². The minimum atomic E-state index is -0.561. The quantitative estimate of drug-likeness (QED) is 0.0912. The number of benzene rings is 2. The maximum atomic E-state index is 12.0. The Bertz CT molecular complexity index is 2750. The molecule has 0 amide bonds. The summed E-state index contributed by atoms with van der Waals surface area (Å²) >= 11 is 3.38. The molecule has 14 heteroatoms. The Labute approximate surface area is 351 Å². The van der Waals surface area contributed by atoms with Gasteiger partial charge in [0.05, 0.1) is 54.5 Å². The van der Waals surface area contributed by atoms with E-state index in [2.05, 4.69) is 66.4 Å². The highest BCUT2D eigenvalue weighted by atomic mass is 79.9. The number of rotatable bonds is 6. The molecule has 0 aliphatic carbocycles. The van der Waals surface area contributed by atoms with E-state index >= 15 is 0 Å². The average Bonchev–Trinajstić information content (AvgIpc) is 3.94. The molecule has 0 spiro atoms. The summed E-state index contributed by atoms with van der Waals surface area (Å²) in [4.78, 5) is 32.8. The Kier molecular flexibility index (Phi) is 12.9. The van der Waals surface area contributed by atoms with Gasteiger partial charge in [-0.1, -0.05) is 84.0 Å². The number of alkyl halides is 1. The van der Waals surface area contributed by atoms with Gasteiger partial charge in [-0.3, -0.25) is 9.97 Å². The summed E-state index contributed by atoms with van der Waals surface area (Å²) in [6.45, 7) is 7.96. The lowest BCUT2D eigenvalue weighted by Crippen LogP contribution is -2.41. The van der Waals surface area contributed by atoms with E-state index in [1.807, 2.05) is 101 Å². The highest BCUT2D eigenvalue weighted by molar-refractivity contribution is 9.08. The van der Waals surface area contributed by atoms with Gasteiger partial charge in [0.2, 0.25) is 0 Å². The van der Waals surface area contributed by atoms with Crippen LogP contribution in [0.25, 0.3) is 32.6 Å². The van der Waals surface area contributed by atoms with Crippen LogP contribution >= 0.6 is 15.9 Å². The van der Waals surface area contributed by atoms with Crippen LogP contribution in [0.15, 0.2) is 122 Å². The zero-order valence-electron chi connectivity index (χ0n) is 33.0. The van der Waals surface area contributed by atoms with Gasteiger partial charge in [-0.25, -0.2) is 18.6 Å². The van der Waals surface area contributed by atoms with Crippen LogP contribution < -0.4 is 5.46 Å². The van der Waals surface area contributed by atoms with Gasteiger partial charge < -0.3 is 18.8 Å². The van der Waals surface area contributed by atoms with Crippen molar-refractivity contribution in [3.8, 4) is 0 Å². The second-order valence-electron chi connectivity index (χ2n) is 14.6. The van der Waals surface area contributed by atoms with E-state index in [-0.39, 0.29) is 13.4 Å². The van der Waals surface area contributed by atoms with Gasteiger partial charge in [0.15, 0.2) is 0 Å². The van der Waals surface area contributed by atoms with E-state index < -0.39 is 24.3 Å². The van der Waals surface area contributed by atoms with E-state index in [1.54, 1.807) is 21.4 Å². The molecule has 0 bridgehead atoms. The molecule has 1 fully saturated rings. The lowest BCUT2D eigenvalue weighted by atomic mass is 9.78. The van der Waals surface area contributed by atoms with Gasteiger partial charge in [0.25, 0.3) is 0 Å². The van der Waals surface area contributed by atoms with Crippen LogP contribution in [0.4, 0.5) is 0 Å². The molecule has 59 heavy (non-hydrogen) atoms. The van der Waals surface area contributed by atoms with Gasteiger partial charge in [-0.2, -0.15) is 10.2 Å². The van der Waals surface area contributed by atoms with E-state index in [1.165, 1.54) is 31.2 Å². The van der Waals surface area contributed by atoms with Gasteiger partial charge in [-0.15, -0.1) is 0 Å². The molecule has 1 aliphatic rings. The lowest BCUT2D eigenvalue weighted by molar-refractivity contribution is 0.00578. The van der Waals surface area contributed by atoms with Crippen molar-refractivity contribution in [2.75, 3.05) is 14.2 Å². The molecule has 1 aliphatic heterocycles. The molecule has 302 valence electrons. The molecule has 0 unspecified atom stereocenters. The normalized spacial score (nSPS) is 13.9. The molecule has 2 aromatic carbocycles. The van der Waals surface area contributed by atoms with E-state index in [0.29, 0.717) is 23.1 Å². The Balaban J connectivity index is 0.000000155. The Morgan fingerprint density at radius 3 is 1.68 bits per heavy atom. The molecule has 0 saturated carbocycles. The zero-order chi connectivity index (χ0) is 41.0. The van der Waals surface area contributed by atoms with Crippen LogP contribution in [-0.4, -0.2) is 73.7 Å². The lowest BCUT2D eigenvalue weighted by Gasteiger charge is -2.32. The standard InChI is InChI=1S/C19H15N3O2.C15H19BN2O4.C10H8BrN.CH4/c1-24-19(23)17-12-21-22-8-4-7-14(18(17)22)10-16-9-13-5-2-3-6-15(13)11-20-16;1-14(2)15(3,4)22-16(21-14)11-7-6-8-18-12(11)10(9-17-18)13(19)20-5;11-6-10-5-8-3-1-2-4-9(8)7-12-10;/h2-9,11-12H,10H2,1H3;6-9H,1-5H3;1-5,7H,6H2;1H4. The second kappa shape index (κ2) is 17.9. The van der Waals surface area contributed by atoms with Gasteiger partial charge in [0, 0.05) is 58.5 Å². The van der Waals surface area contributed by atoms with Crippen molar-refractivity contribution in [3.63, 3.8) is 0 Å². The van der Waals surface area contributed by atoms with Crippen molar-refractivity contribution in [3.05, 3.63) is 150 Å². The number of halogens is 1. The molecule has 12 nitrogen and oxygen atoms in total. The molecule has 0 radical (unpaired) electrons. The summed E-state index contributed by atoms with van der Waals surface area (Å²) in [6.07, 6.45) is 11.0. The third-order valence-electron chi connectivity index (χ3n) is 10.4. The number of hydrogen-bond donors (Lipinski definition) is 0. The molecule has 9 rings (SSSR count). The fourth-order valence-corrected chi connectivity index (χ4v) is 6.94. The van der Waals surface area contributed by atoms with Crippen molar-refractivity contribution in [1.82, 2.24) is 29.2 Å². The van der Waals surface area contributed by atoms with Crippen molar-refractivity contribution < 1.29 is 28.4 Å². The van der Waals surface area contributed by atoms with Crippen LogP contribution in [0.1, 0.15) is 72.8 Å². The molecule has 7 heterocycles. The van der Waals surface area contributed by atoms with Crippen LogP contribution in [0.2, 0.25) is 0 Å². The van der Waals surface area contributed by atoms with Crippen LogP contribution in [0.3, 0.4) is 0 Å². The smallest absolute Gasteiger partial charge is 0.465 e. The number of nitrogens with zero attached hydrogens (tertiary/aromatic N) is 6. The van der Waals surface area contributed by atoms with Gasteiger partial charge in [0.1, 0.15) is 11.1 Å². The molecule has 8 aromatic rings. The number of carbonyl (C=O) groups excluding carboxylic acids is 2. The first-order valence-electron chi connectivity index (χ1n) is 18.6. The topological polar surface area (TPSA) is 131 Å². The van der Waals surface area contributed by atoms with E-state index in [4.69, 9.17) is 18.8 Å². The van der Waals surface area contributed by atoms with Crippen molar-refractivity contribution >= 4 is 73.0 Å². The predicted octanol–water partition coefficient (Wildman–Crippen LogP) is 8.45. The van der Waals surface area contributed by atoms with Crippen molar-refractivity contribution in [2.45, 2.75) is 58.1 Å². The predicted molar refractivity (Wildman–Crippen MR) is 234 cm³/mol. The van der Waals surface area contributed by atoms with Crippen molar-refractivity contribution in [2.24, 2.45) is 0 Å². The van der Waals surface area contributed by atoms with Gasteiger partial charge in [-0.05, 0) is 68.3 Å². The summed E-state index contributed by atoms with van der Waals surface area (Å²) in [5, 5.41) is 14.0. The Hall–Kier alpha value is -5.96. The Morgan fingerprint density at radius 2 is 1.14 bits per heavy atom. The van der Waals surface area contributed by atoms with Gasteiger partial charge >= 0.3 is 19.1 Å². The third-order valence-corrected chi connectivity index (χ3v) is 11.0. The molecular weight excluding hydrogens is 811 g/mol. The van der Waals surface area contributed by atoms with Crippen LogP contribution in [0, 0.1) is 0 Å². The highest BCUT2D eigenvalue weighted by Crippen LogP contribution is 2.37. The fraction of sp³-hybridized carbons (Fsp3) is 0.244. The summed E-state index contributed by atoms with van der Waals surface area (Å²) < 4.78 is 25.2. The largest absolute Gasteiger partial charge is 0.497 e. The number of fused-ring (bicyclic) bond motifs is 4. The number of esters is 2. The van der Waals surface area contributed by atoms with Crippen LogP contribution in [-0.2, 0) is 30.5 Å². The number of methoxy groups -OCH3 is 2. The van der Waals surface area contributed by atoms with E-state index in [9.17, 15) is 9.59 Å². The first-order chi connectivity index (χ1) is 27.9. The second-order valence-corrected chi connectivity index (χ2v) is 15.2. The molecular formula is C45H46BBrN6O6. The average molecular weight is 858 g/mol. The SMILES string of the molecule is BrCc1cc2ccccc2cn1.C.COC(=O)c1cnn2cccc(B3OC(C)(C)C(C)(C)O3)c12.COC(=O)c1cnn2cccc(Cc3cc4ccccc4cn3)c12. The first-order valence-corrected chi connectivity index (χ1v) is 19.7. The molecule has 6 aromatic heterocycles. The van der Waals surface area contributed by atoms with Crippen molar-refractivity contribution in [1.29, 1.82) is 0 Å². The summed E-state index contributed by atoms with van der Waals surface area (Å²) in [5.74, 6) is -0.817. The number of pyridine rings is 4. The minimum absolute atomic E-state index is 0. The number of carbonyl (C=O) groups is 2. The summed E-state index contributed by atoms with van der Waals surface area (Å²) in [7, 11) is 2.16. The number of aromatic nitrogens is 6. The highest BCUT2D eigenvalue weighted by Gasteiger charge is 2.52. The number of hydrogen-bond acceptors (Lipinski definition) is 10. The Morgan fingerprint density at radius 1 is 0.661 bits per heavy atom. The molecule has 1 saturated heterocycles. The third kappa shape index (κ3) is 8.90. The van der Waals surface area contributed by atoms with Crippen LogP contribution in [0.5, 0.6) is 0 Å². The first kappa shape index (κ1) is 42.6. The minimum Gasteiger partial charge on any atom is -0.465 e. The number of ether oxygens (including phenoxy) is 2. The zero-order valence-corrected chi connectivity index (χ0v) is 34.6. The monoisotopic (exact) mass is 856 g/mol. The maximum Gasteiger partial charge on any atom is 0.497 e. The molecule has 0 N–H and O–H groups in total. The fourth-order valence-electron chi connectivity index (χ4n) is 6.63. The summed E-state index contributed by atoms with van der Waals surface area (Å²) in [5.41, 5.74) is 5.14. The molecule has 0 atom stereocenters. The summed E-state index contributed by atoms with van der Waals surface area (Å²) in [6, 6.07) is 28.2.